The molecule has 0 fully saturated rings. The van der Waals surface area contributed by atoms with Gasteiger partial charge in [-0.1, -0.05) is 38.4 Å². The van der Waals surface area contributed by atoms with E-state index in [2.05, 4.69) is 31.5 Å². The van der Waals surface area contributed by atoms with E-state index in [1.807, 2.05) is 31.2 Å². The summed E-state index contributed by atoms with van der Waals surface area (Å²) in [5, 5.41) is 10.2. The van der Waals surface area contributed by atoms with E-state index in [-0.39, 0.29) is 6.04 Å². The lowest BCUT2D eigenvalue weighted by atomic mass is 10.1. The Bertz CT molecular complexity index is 501. The summed E-state index contributed by atoms with van der Waals surface area (Å²) >= 11 is 8.43. The van der Waals surface area contributed by atoms with E-state index in [1.165, 1.54) is 0 Å². The maximum atomic E-state index is 5.04. The van der Waals surface area contributed by atoms with Gasteiger partial charge in [0.15, 0.2) is 0 Å². The Kier molecular flexibility index (Phi) is 2.97. The van der Waals surface area contributed by atoms with Crippen LogP contribution in [0.3, 0.4) is 0 Å². The standard InChI is InChI=1S/C9H9BrN4S/c1-6(14-9(15)11-12-13-14)7-2-4-8(10)5-3-7/h2-6H,1H3,(H,11,13,15). The van der Waals surface area contributed by atoms with Crippen molar-refractivity contribution in [2.75, 3.05) is 0 Å². The van der Waals surface area contributed by atoms with Crippen LogP contribution in [0.25, 0.3) is 0 Å². The number of rotatable bonds is 2. The lowest BCUT2D eigenvalue weighted by Crippen LogP contribution is -2.08. The van der Waals surface area contributed by atoms with Gasteiger partial charge in [0.1, 0.15) is 0 Å². The molecule has 0 amide bonds. The molecule has 0 radical (unpaired) electrons. The quantitative estimate of drug-likeness (QED) is 0.863. The van der Waals surface area contributed by atoms with Gasteiger partial charge in [-0.3, -0.25) is 0 Å². The molecule has 6 heteroatoms. The van der Waals surface area contributed by atoms with Crippen LogP contribution < -0.4 is 0 Å². The summed E-state index contributed by atoms with van der Waals surface area (Å²) in [4.78, 5) is 0. The first-order valence-corrected chi connectivity index (χ1v) is 5.63. The van der Waals surface area contributed by atoms with Crippen LogP contribution in [-0.2, 0) is 0 Å². The lowest BCUT2D eigenvalue weighted by Gasteiger charge is -2.11. The van der Waals surface area contributed by atoms with E-state index in [4.69, 9.17) is 12.2 Å². The second-order valence-corrected chi connectivity index (χ2v) is 4.46. The van der Waals surface area contributed by atoms with Crippen molar-refractivity contribution in [1.29, 1.82) is 0 Å². The minimum absolute atomic E-state index is 0.112. The molecule has 0 saturated carbocycles. The fraction of sp³-hybridized carbons (Fsp3) is 0.222. The van der Waals surface area contributed by atoms with E-state index in [1.54, 1.807) is 4.68 Å². The normalized spacial score (nSPS) is 12.7. The third-order valence-corrected chi connectivity index (χ3v) is 3.04. The van der Waals surface area contributed by atoms with Crippen LogP contribution in [0.2, 0.25) is 0 Å². The van der Waals surface area contributed by atoms with Gasteiger partial charge < -0.3 is 0 Å². The predicted molar refractivity (Wildman–Crippen MR) is 63.2 cm³/mol. The third kappa shape index (κ3) is 2.15. The van der Waals surface area contributed by atoms with Crippen LogP contribution in [0.1, 0.15) is 18.5 Å². The Balaban J connectivity index is 2.36. The van der Waals surface area contributed by atoms with Gasteiger partial charge in [0.25, 0.3) is 0 Å². The number of nitrogens with zero attached hydrogens (tertiary/aromatic N) is 3. The van der Waals surface area contributed by atoms with Crippen LogP contribution in [0.15, 0.2) is 28.7 Å². The fourth-order valence-corrected chi connectivity index (χ4v) is 1.85. The van der Waals surface area contributed by atoms with Gasteiger partial charge in [-0.05, 0) is 36.8 Å². The van der Waals surface area contributed by atoms with Crippen LogP contribution in [-0.4, -0.2) is 20.2 Å². The summed E-state index contributed by atoms with van der Waals surface area (Å²) in [6.07, 6.45) is 0. The molecule has 0 aliphatic rings. The molecule has 78 valence electrons. The van der Waals surface area contributed by atoms with Crippen LogP contribution in [0.4, 0.5) is 0 Å². The van der Waals surface area contributed by atoms with Crippen molar-refractivity contribution in [3.8, 4) is 0 Å². The van der Waals surface area contributed by atoms with Gasteiger partial charge in [0, 0.05) is 4.47 Å². The third-order valence-electron chi connectivity index (χ3n) is 2.23. The molecule has 1 unspecified atom stereocenters. The molecule has 1 aromatic heterocycles. The summed E-state index contributed by atoms with van der Waals surface area (Å²) in [5.41, 5.74) is 1.15. The number of halogens is 1. The van der Waals surface area contributed by atoms with Crippen LogP contribution in [0, 0.1) is 4.77 Å². The zero-order valence-corrected chi connectivity index (χ0v) is 10.4. The van der Waals surface area contributed by atoms with Gasteiger partial charge in [-0.2, -0.15) is 5.21 Å². The van der Waals surface area contributed by atoms with E-state index in [0.29, 0.717) is 4.77 Å². The second-order valence-electron chi connectivity index (χ2n) is 3.18. The highest BCUT2D eigenvalue weighted by molar-refractivity contribution is 9.10. The zero-order chi connectivity index (χ0) is 10.8. The molecule has 2 rings (SSSR count). The number of aromatic nitrogens is 4. The molecule has 1 heterocycles. The maximum Gasteiger partial charge on any atom is 0.238 e. The summed E-state index contributed by atoms with van der Waals surface area (Å²) < 4.78 is 3.27. The summed E-state index contributed by atoms with van der Waals surface area (Å²) in [6.45, 7) is 2.04. The smallest absolute Gasteiger partial charge is 0.235 e. The van der Waals surface area contributed by atoms with E-state index in [0.717, 1.165) is 10.0 Å². The van der Waals surface area contributed by atoms with Gasteiger partial charge in [-0.25, -0.2) is 4.68 Å². The number of H-pyrrole nitrogens is 1. The van der Waals surface area contributed by atoms with E-state index >= 15 is 0 Å². The first-order chi connectivity index (χ1) is 7.18. The van der Waals surface area contributed by atoms with Crippen molar-refractivity contribution in [2.45, 2.75) is 13.0 Å². The highest BCUT2D eigenvalue weighted by Gasteiger charge is 2.09. The minimum Gasteiger partial charge on any atom is -0.235 e. The molecule has 1 atom stereocenters. The highest BCUT2D eigenvalue weighted by Crippen LogP contribution is 2.19. The molecule has 0 aliphatic carbocycles. The van der Waals surface area contributed by atoms with Crippen molar-refractivity contribution >= 4 is 28.1 Å². The Morgan fingerprint density at radius 3 is 2.60 bits per heavy atom. The summed E-state index contributed by atoms with van der Waals surface area (Å²) in [5.74, 6) is 0. The Morgan fingerprint density at radius 2 is 2.07 bits per heavy atom. The predicted octanol–water partition coefficient (Wildman–Crippen LogP) is 2.71. The van der Waals surface area contributed by atoms with Crippen LogP contribution >= 0.6 is 28.1 Å². The number of aromatic amines is 1. The molecular weight excluding hydrogens is 276 g/mol. The topological polar surface area (TPSA) is 46.5 Å². The molecule has 0 saturated heterocycles. The Morgan fingerprint density at radius 1 is 1.40 bits per heavy atom. The van der Waals surface area contributed by atoms with Gasteiger partial charge in [0.05, 0.1) is 6.04 Å². The van der Waals surface area contributed by atoms with Crippen molar-refractivity contribution in [2.24, 2.45) is 0 Å². The lowest BCUT2D eigenvalue weighted by molar-refractivity contribution is 0.537. The van der Waals surface area contributed by atoms with Crippen molar-refractivity contribution in [3.63, 3.8) is 0 Å². The molecule has 4 nitrogen and oxygen atoms in total. The Hall–Kier alpha value is -1.01. The Labute approximate surface area is 100 Å². The fourth-order valence-electron chi connectivity index (χ4n) is 1.35. The van der Waals surface area contributed by atoms with Crippen molar-refractivity contribution < 1.29 is 0 Å². The van der Waals surface area contributed by atoms with Crippen LogP contribution in [0.5, 0.6) is 0 Å². The molecule has 2 aromatic rings. The van der Waals surface area contributed by atoms with Gasteiger partial charge >= 0.3 is 0 Å². The van der Waals surface area contributed by atoms with Crippen molar-refractivity contribution in [1.82, 2.24) is 20.2 Å². The molecule has 15 heavy (non-hydrogen) atoms. The maximum absolute atomic E-state index is 5.04. The molecular formula is C9H9BrN4S. The molecule has 0 spiro atoms. The largest absolute Gasteiger partial charge is 0.238 e. The minimum atomic E-state index is 0.112. The monoisotopic (exact) mass is 284 g/mol. The molecule has 1 aromatic carbocycles. The van der Waals surface area contributed by atoms with E-state index in [9.17, 15) is 0 Å². The number of hydrogen-bond donors (Lipinski definition) is 1. The number of tetrazole rings is 1. The van der Waals surface area contributed by atoms with Gasteiger partial charge in [0.2, 0.25) is 4.77 Å². The first-order valence-electron chi connectivity index (χ1n) is 4.43. The average molecular weight is 285 g/mol. The second kappa shape index (κ2) is 4.24. The van der Waals surface area contributed by atoms with Gasteiger partial charge in [-0.15, -0.1) is 0 Å². The zero-order valence-electron chi connectivity index (χ0n) is 8.01. The van der Waals surface area contributed by atoms with E-state index < -0.39 is 0 Å². The SMILES string of the molecule is CC(c1ccc(Br)cc1)n1[nH]nnc1=S. The highest BCUT2D eigenvalue weighted by atomic mass is 79.9. The first kappa shape index (κ1) is 10.5. The summed E-state index contributed by atoms with van der Waals surface area (Å²) in [7, 11) is 0. The molecule has 0 aliphatic heterocycles. The van der Waals surface area contributed by atoms with Crippen molar-refractivity contribution in [3.05, 3.63) is 39.1 Å². The number of hydrogen-bond acceptors (Lipinski definition) is 3. The number of nitrogens with one attached hydrogen (secondary N) is 1. The molecule has 1 N–H and O–H groups in total. The molecule has 0 bridgehead atoms. The average Bonchev–Trinajstić information content (AvgIpc) is 2.65. The number of benzene rings is 1. The summed E-state index contributed by atoms with van der Waals surface area (Å²) in [6, 6.07) is 8.19.